The van der Waals surface area contributed by atoms with Crippen molar-refractivity contribution in [3.8, 4) is 11.5 Å². The first kappa shape index (κ1) is 15.3. The van der Waals surface area contributed by atoms with Crippen molar-refractivity contribution >= 4 is 5.82 Å². The van der Waals surface area contributed by atoms with E-state index in [-0.39, 0.29) is 6.10 Å². The molecule has 0 aliphatic carbocycles. The molecular weight excluding hydrogens is 302 g/mol. The maximum atomic E-state index is 5.95. The molecule has 1 atom stereocenters. The number of fused-ring (bicyclic) bond motifs is 1. The smallest absolute Gasteiger partial charge is 0.161 e. The zero-order valence-corrected chi connectivity index (χ0v) is 13.8. The second-order valence-corrected chi connectivity index (χ2v) is 6.35. The number of nitrogens with one attached hydrogen (secondary N) is 1. The van der Waals surface area contributed by atoms with Gasteiger partial charge in [0.1, 0.15) is 18.5 Å². The molecule has 5 heteroatoms. The summed E-state index contributed by atoms with van der Waals surface area (Å²) in [6.45, 7) is 4.38. The molecule has 1 aromatic heterocycles. The molecule has 4 rings (SSSR count). The maximum absolute atomic E-state index is 5.95. The fourth-order valence-corrected chi connectivity index (χ4v) is 3.20. The van der Waals surface area contributed by atoms with Crippen LogP contribution in [0.15, 0.2) is 42.6 Å². The van der Waals surface area contributed by atoms with Crippen LogP contribution in [0, 0.1) is 0 Å². The van der Waals surface area contributed by atoms with Gasteiger partial charge in [-0.2, -0.15) is 0 Å². The minimum atomic E-state index is 0.0386. The Morgan fingerprint density at radius 1 is 1.08 bits per heavy atom. The van der Waals surface area contributed by atoms with Gasteiger partial charge in [-0.05, 0) is 36.6 Å². The minimum Gasteiger partial charge on any atom is -0.486 e. The lowest BCUT2D eigenvalue weighted by Crippen LogP contribution is -2.38. The van der Waals surface area contributed by atoms with Gasteiger partial charge in [0, 0.05) is 32.4 Å². The number of anilines is 1. The zero-order chi connectivity index (χ0) is 16.2. The van der Waals surface area contributed by atoms with Gasteiger partial charge in [-0.1, -0.05) is 18.2 Å². The second-order valence-electron chi connectivity index (χ2n) is 6.35. The lowest BCUT2D eigenvalue weighted by atomic mass is 10.2. The molecule has 1 N–H and O–H groups in total. The molecule has 0 saturated carbocycles. The number of para-hydroxylation sites is 2. The molecule has 2 aromatic rings. The van der Waals surface area contributed by atoms with Gasteiger partial charge in [0.25, 0.3) is 0 Å². The zero-order valence-electron chi connectivity index (χ0n) is 13.8. The van der Waals surface area contributed by atoms with Crippen molar-refractivity contribution < 1.29 is 9.47 Å². The van der Waals surface area contributed by atoms with Crippen LogP contribution in [-0.4, -0.2) is 37.3 Å². The number of aromatic nitrogens is 1. The molecule has 0 bridgehead atoms. The van der Waals surface area contributed by atoms with Crippen LogP contribution < -0.4 is 19.7 Å². The monoisotopic (exact) mass is 325 g/mol. The first-order valence-corrected chi connectivity index (χ1v) is 8.67. The van der Waals surface area contributed by atoms with Crippen molar-refractivity contribution in [2.45, 2.75) is 25.5 Å². The summed E-state index contributed by atoms with van der Waals surface area (Å²) < 4.78 is 11.7. The van der Waals surface area contributed by atoms with E-state index in [1.807, 2.05) is 30.5 Å². The van der Waals surface area contributed by atoms with E-state index in [0.29, 0.717) is 6.61 Å². The van der Waals surface area contributed by atoms with E-state index in [0.717, 1.165) is 43.5 Å². The largest absolute Gasteiger partial charge is 0.486 e. The summed E-state index contributed by atoms with van der Waals surface area (Å²) >= 11 is 0. The third kappa shape index (κ3) is 3.46. The number of nitrogens with zero attached hydrogens (tertiary/aromatic N) is 2. The van der Waals surface area contributed by atoms with E-state index in [1.165, 1.54) is 18.4 Å². The molecular formula is C19H23N3O2. The summed E-state index contributed by atoms with van der Waals surface area (Å²) in [5.41, 5.74) is 1.19. The van der Waals surface area contributed by atoms with Gasteiger partial charge in [0.05, 0.1) is 0 Å². The molecule has 2 aliphatic rings. The molecule has 0 spiro atoms. The normalized spacial score (nSPS) is 19.5. The highest BCUT2D eigenvalue weighted by molar-refractivity contribution is 5.41. The molecule has 24 heavy (non-hydrogen) atoms. The Hall–Kier alpha value is -2.27. The van der Waals surface area contributed by atoms with Gasteiger partial charge in [-0.3, -0.25) is 0 Å². The van der Waals surface area contributed by atoms with E-state index in [1.54, 1.807) is 0 Å². The Morgan fingerprint density at radius 2 is 1.92 bits per heavy atom. The Balaban J connectivity index is 1.25. The standard InChI is InChI=1S/C19H23N3O2/c1-2-6-18-17(5-1)23-14-16(24-18)13-20-11-15-7-8-19(21-12-15)22-9-3-4-10-22/h1-2,5-8,12,16,20H,3-4,9-11,13-14H2/t16-/m1/s1. The fraction of sp³-hybridized carbons (Fsp3) is 0.421. The van der Waals surface area contributed by atoms with Gasteiger partial charge in [-0.15, -0.1) is 0 Å². The van der Waals surface area contributed by atoms with Gasteiger partial charge in [-0.25, -0.2) is 4.98 Å². The Labute approximate surface area is 142 Å². The topological polar surface area (TPSA) is 46.6 Å². The van der Waals surface area contributed by atoms with Crippen LogP contribution >= 0.6 is 0 Å². The molecule has 0 unspecified atom stereocenters. The molecule has 1 fully saturated rings. The van der Waals surface area contributed by atoms with Crippen LogP contribution in [0.2, 0.25) is 0 Å². The number of pyridine rings is 1. The number of ether oxygens (including phenoxy) is 2. The van der Waals surface area contributed by atoms with Crippen molar-refractivity contribution in [3.05, 3.63) is 48.2 Å². The summed E-state index contributed by atoms with van der Waals surface area (Å²) in [6, 6.07) is 12.1. The van der Waals surface area contributed by atoms with Crippen molar-refractivity contribution in [1.29, 1.82) is 0 Å². The van der Waals surface area contributed by atoms with Crippen molar-refractivity contribution in [3.63, 3.8) is 0 Å². The third-order valence-corrected chi connectivity index (χ3v) is 4.51. The summed E-state index contributed by atoms with van der Waals surface area (Å²) in [7, 11) is 0. The SMILES string of the molecule is c1ccc2c(c1)OC[C@@H](CNCc1ccc(N3CCCC3)nc1)O2. The van der Waals surface area contributed by atoms with Crippen LogP contribution in [-0.2, 0) is 6.54 Å². The quantitative estimate of drug-likeness (QED) is 0.916. The number of benzene rings is 1. The van der Waals surface area contributed by atoms with E-state index in [9.17, 15) is 0 Å². The first-order valence-electron chi connectivity index (χ1n) is 8.67. The Bertz CT molecular complexity index is 669. The van der Waals surface area contributed by atoms with E-state index < -0.39 is 0 Å². The van der Waals surface area contributed by atoms with Crippen molar-refractivity contribution in [2.24, 2.45) is 0 Å². The van der Waals surface area contributed by atoms with E-state index in [4.69, 9.17) is 9.47 Å². The van der Waals surface area contributed by atoms with Crippen LogP contribution in [0.4, 0.5) is 5.82 Å². The lowest BCUT2D eigenvalue weighted by molar-refractivity contribution is 0.0902. The highest BCUT2D eigenvalue weighted by atomic mass is 16.6. The predicted molar refractivity (Wildman–Crippen MR) is 93.7 cm³/mol. The number of hydrogen-bond donors (Lipinski definition) is 1. The molecule has 0 radical (unpaired) electrons. The number of rotatable bonds is 5. The molecule has 1 saturated heterocycles. The predicted octanol–water partition coefficient (Wildman–Crippen LogP) is 2.61. The van der Waals surface area contributed by atoms with E-state index in [2.05, 4.69) is 27.3 Å². The summed E-state index contributed by atoms with van der Waals surface area (Å²) in [5.74, 6) is 2.75. The van der Waals surface area contributed by atoms with Crippen LogP contribution in [0.25, 0.3) is 0 Å². The maximum Gasteiger partial charge on any atom is 0.161 e. The average Bonchev–Trinajstić information content (AvgIpc) is 3.17. The molecule has 0 amide bonds. The molecule has 5 nitrogen and oxygen atoms in total. The highest BCUT2D eigenvalue weighted by Gasteiger charge is 2.20. The minimum absolute atomic E-state index is 0.0386. The average molecular weight is 325 g/mol. The molecule has 2 aliphatic heterocycles. The Kier molecular flexibility index (Phi) is 4.51. The summed E-state index contributed by atoms with van der Waals surface area (Å²) in [4.78, 5) is 6.93. The summed E-state index contributed by atoms with van der Waals surface area (Å²) in [6.07, 6.45) is 4.56. The van der Waals surface area contributed by atoms with Gasteiger partial charge in [0.2, 0.25) is 0 Å². The van der Waals surface area contributed by atoms with Gasteiger partial charge in [0.15, 0.2) is 11.5 Å². The highest BCUT2D eigenvalue weighted by Crippen LogP contribution is 2.30. The third-order valence-electron chi connectivity index (χ3n) is 4.51. The van der Waals surface area contributed by atoms with Gasteiger partial charge < -0.3 is 19.7 Å². The van der Waals surface area contributed by atoms with Crippen LogP contribution in [0.1, 0.15) is 18.4 Å². The molecule has 1 aromatic carbocycles. The number of hydrogen-bond acceptors (Lipinski definition) is 5. The lowest BCUT2D eigenvalue weighted by Gasteiger charge is -2.26. The molecule has 3 heterocycles. The van der Waals surface area contributed by atoms with E-state index >= 15 is 0 Å². The van der Waals surface area contributed by atoms with Crippen LogP contribution in [0.3, 0.4) is 0 Å². The summed E-state index contributed by atoms with van der Waals surface area (Å²) in [5, 5.41) is 3.43. The second kappa shape index (κ2) is 7.09. The van der Waals surface area contributed by atoms with Crippen LogP contribution in [0.5, 0.6) is 11.5 Å². The Morgan fingerprint density at radius 3 is 2.71 bits per heavy atom. The van der Waals surface area contributed by atoms with Crippen molar-refractivity contribution in [2.75, 3.05) is 31.1 Å². The first-order chi connectivity index (χ1) is 11.9. The molecule has 126 valence electrons. The van der Waals surface area contributed by atoms with Crippen molar-refractivity contribution in [1.82, 2.24) is 10.3 Å². The van der Waals surface area contributed by atoms with Gasteiger partial charge >= 0.3 is 0 Å². The fourth-order valence-electron chi connectivity index (χ4n) is 3.20.